The number of anilines is 1. The normalized spacial score (nSPS) is 18.3. The van der Waals surface area contributed by atoms with Gasteiger partial charge in [-0.15, -0.1) is 0 Å². The first-order valence-corrected chi connectivity index (χ1v) is 5.25. The molecule has 2 N–H and O–H groups in total. The van der Waals surface area contributed by atoms with Crippen molar-refractivity contribution in [3.63, 3.8) is 0 Å². The van der Waals surface area contributed by atoms with Crippen LogP contribution in [-0.2, 0) is 4.79 Å². The zero-order valence-corrected chi connectivity index (χ0v) is 9.34. The third kappa shape index (κ3) is 3.00. The van der Waals surface area contributed by atoms with Crippen molar-refractivity contribution < 1.29 is 13.6 Å². The first-order valence-electron chi connectivity index (χ1n) is 4.87. The van der Waals surface area contributed by atoms with E-state index in [9.17, 15) is 13.6 Å². The van der Waals surface area contributed by atoms with Gasteiger partial charge in [0.2, 0.25) is 11.8 Å². The van der Waals surface area contributed by atoms with Crippen LogP contribution in [0.5, 0.6) is 0 Å². The molecule has 2 rings (SSSR count). The number of nitrogens with one attached hydrogen (secondary N) is 2. The van der Waals surface area contributed by atoms with Gasteiger partial charge >= 0.3 is 0 Å². The van der Waals surface area contributed by atoms with Gasteiger partial charge in [0, 0.05) is 12.8 Å². The lowest BCUT2D eigenvalue weighted by molar-refractivity contribution is -0.149. The number of alkyl halides is 2. The van der Waals surface area contributed by atoms with Crippen LogP contribution in [0.1, 0.15) is 12.8 Å². The van der Waals surface area contributed by atoms with Gasteiger partial charge in [0.15, 0.2) is 5.82 Å². The van der Waals surface area contributed by atoms with Gasteiger partial charge in [-0.3, -0.25) is 15.6 Å². The monoisotopic (exact) mass is 262 g/mol. The van der Waals surface area contributed by atoms with Crippen LogP contribution in [0.3, 0.4) is 0 Å². The SMILES string of the molecule is O=C(NNc1cnc(Cl)cn1)C1CC(F)(F)C1. The number of aromatic nitrogens is 2. The molecule has 1 aliphatic carbocycles. The Morgan fingerprint density at radius 2 is 2.12 bits per heavy atom. The molecule has 5 nitrogen and oxygen atoms in total. The molecule has 1 aromatic heterocycles. The second-order valence-electron chi connectivity index (χ2n) is 3.80. The molecule has 1 aromatic rings. The van der Waals surface area contributed by atoms with Crippen molar-refractivity contribution in [2.24, 2.45) is 5.92 Å². The van der Waals surface area contributed by atoms with E-state index in [1.165, 1.54) is 12.4 Å². The number of hydrogen-bond donors (Lipinski definition) is 2. The van der Waals surface area contributed by atoms with E-state index in [4.69, 9.17) is 11.6 Å². The van der Waals surface area contributed by atoms with Gasteiger partial charge in [0.25, 0.3) is 0 Å². The highest BCUT2D eigenvalue weighted by molar-refractivity contribution is 6.29. The number of hydrogen-bond acceptors (Lipinski definition) is 4. The molecule has 0 spiro atoms. The van der Waals surface area contributed by atoms with Crippen LogP contribution in [0.2, 0.25) is 5.15 Å². The molecular formula is C9H9ClF2N4O. The van der Waals surface area contributed by atoms with Crippen molar-refractivity contribution >= 4 is 23.3 Å². The molecule has 1 heterocycles. The van der Waals surface area contributed by atoms with Crippen LogP contribution in [0.4, 0.5) is 14.6 Å². The third-order valence-corrected chi connectivity index (χ3v) is 2.59. The van der Waals surface area contributed by atoms with E-state index in [1.54, 1.807) is 0 Å². The predicted molar refractivity (Wildman–Crippen MR) is 56.5 cm³/mol. The van der Waals surface area contributed by atoms with E-state index in [-0.39, 0.29) is 11.0 Å². The molecule has 1 fully saturated rings. The van der Waals surface area contributed by atoms with Gasteiger partial charge in [-0.05, 0) is 0 Å². The summed E-state index contributed by atoms with van der Waals surface area (Å²) < 4.78 is 25.0. The number of amides is 1. The predicted octanol–water partition coefficient (Wildman–Crippen LogP) is 1.62. The van der Waals surface area contributed by atoms with Gasteiger partial charge in [0.05, 0.1) is 18.3 Å². The Morgan fingerprint density at radius 3 is 2.65 bits per heavy atom. The number of carbonyl (C=O) groups excluding carboxylic acids is 1. The van der Waals surface area contributed by atoms with Crippen molar-refractivity contribution in [2.45, 2.75) is 18.8 Å². The maximum absolute atomic E-state index is 12.5. The lowest BCUT2D eigenvalue weighted by atomic mass is 9.81. The van der Waals surface area contributed by atoms with Gasteiger partial charge in [-0.2, -0.15) is 0 Å². The van der Waals surface area contributed by atoms with E-state index >= 15 is 0 Å². The fourth-order valence-corrected chi connectivity index (χ4v) is 1.55. The summed E-state index contributed by atoms with van der Waals surface area (Å²) in [4.78, 5) is 18.9. The van der Waals surface area contributed by atoms with Gasteiger partial charge < -0.3 is 0 Å². The van der Waals surface area contributed by atoms with Crippen LogP contribution < -0.4 is 10.9 Å². The van der Waals surface area contributed by atoms with E-state index in [0.29, 0.717) is 0 Å². The molecule has 0 bridgehead atoms. The summed E-state index contributed by atoms with van der Waals surface area (Å²) in [6, 6.07) is 0. The van der Waals surface area contributed by atoms with E-state index in [0.717, 1.165) is 0 Å². The minimum Gasteiger partial charge on any atom is -0.281 e. The van der Waals surface area contributed by atoms with Crippen LogP contribution in [0.25, 0.3) is 0 Å². The summed E-state index contributed by atoms with van der Waals surface area (Å²) in [6.07, 6.45) is 1.80. The Bertz CT molecular complexity index is 418. The Balaban J connectivity index is 1.79. The highest BCUT2D eigenvalue weighted by Crippen LogP contribution is 2.42. The van der Waals surface area contributed by atoms with Crippen molar-refractivity contribution in [1.82, 2.24) is 15.4 Å². The second kappa shape index (κ2) is 4.40. The topological polar surface area (TPSA) is 66.9 Å². The number of halogens is 3. The molecule has 17 heavy (non-hydrogen) atoms. The molecule has 0 radical (unpaired) electrons. The molecular weight excluding hydrogens is 254 g/mol. The molecule has 8 heteroatoms. The lowest BCUT2D eigenvalue weighted by Gasteiger charge is -2.33. The first-order chi connectivity index (χ1) is 7.96. The first kappa shape index (κ1) is 12.0. The summed E-state index contributed by atoms with van der Waals surface area (Å²) in [5.74, 6) is -3.55. The smallest absolute Gasteiger partial charge is 0.249 e. The summed E-state index contributed by atoms with van der Waals surface area (Å²) in [5, 5.41) is 0.223. The van der Waals surface area contributed by atoms with E-state index in [1.807, 2.05) is 0 Å². The quantitative estimate of drug-likeness (QED) is 0.813. The average Bonchev–Trinajstić information content (AvgIpc) is 2.24. The summed E-state index contributed by atoms with van der Waals surface area (Å²) in [7, 11) is 0. The van der Waals surface area contributed by atoms with Crippen LogP contribution in [0.15, 0.2) is 12.4 Å². The molecule has 0 saturated heterocycles. The summed E-state index contributed by atoms with van der Waals surface area (Å²) >= 11 is 5.52. The minimum absolute atomic E-state index is 0.223. The van der Waals surface area contributed by atoms with Gasteiger partial charge in [-0.1, -0.05) is 11.6 Å². The molecule has 1 amide bonds. The number of rotatable bonds is 3. The maximum Gasteiger partial charge on any atom is 0.249 e. The fraction of sp³-hybridized carbons (Fsp3) is 0.444. The van der Waals surface area contributed by atoms with Crippen LogP contribution >= 0.6 is 11.6 Å². The van der Waals surface area contributed by atoms with E-state index in [2.05, 4.69) is 20.8 Å². The molecule has 1 saturated carbocycles. The molecule has 0 unspecified atom stereocenters. The summed E-state index contributed by atoms with van der Waals surface area (Å²) in [5.41, 5.74) is 4.76. The minimum atomic E-state index is -2.71. The largest absolute Gasteiger partial charge is 0.281 e. The highest BCUT2D eigenvalue weighted by Gasteiger charge is 2.48. The zero-order chi connectivity index (χ0) is 12.5. The van der Waals surface area contributed by atoms with Crippen LogP contribution in [0, 0.1) is 5.92 Å². The Kier molecular flexibility index (Phi) is 3.10. The molecule has 0 atom stereocenters. The second-order valence-corrected chi connectivity index (χ2v) is 4.19. The Labute approximate surface area is 101 Å². The number of hydrazine groups is 1. The third-order valence-electron chi connectivity index (χ3n) is 2.39. The van der Waals surface area contributed by atoms with Crippen molar-refractivity contribution in [1.29, 1.82) is 0 Å². The van der Waals surface area contributed by atoms with Gasteiger partial charge in [0.1, 0.15) is 5.15 Å². The molecule has 0 aromatic carbocycles. The van der Waals surface area contributed by atoms with Crippen molar-refractivity contribution in [3.8, 4) is 0 Å². The number of nitrogens with zero attached hydrogens (tertiary/aromatic N) is 2. The van der Waals surface area contributed by atoms with Gasteiger partial charge in [-0.25, -0.2) is 18.7 Å². The maximum atomic E-state index is 12.5. The molecule has 1 aliphatic rings. The molecule has 0 aliphatic heterocycles. The average molecular weight is 263 g/mol. The van der Waals surface area contributed by atoms with Crippen molar-refractivity contribution in [2.75, 3.05) is 5.43 Å². The van der Waals surface area contributed by atoms with Crippen LogP contribution in [-0.4, -0.2) is 21.8 Å². The lowest BCUT2D eigenvalue weighted by Crippen LogP contribution is -2.46. The highest BCUT2D eigenvalue weighted by atomic mass is 35.5. The summed E-state index contributed by atoms with van der Waals surface area (Å²) in [6.45, 7) is 0. The van der Waals surface area contributed by atoms with Crippen molar-refractivity contribution in [3.05, 3.63) is 17.5 Å². The zero-order valence-electron chi connectivity index (χ0n) is 8.58. The number of carbonyl (C=O) groups is 1. The molecule has 92 valence electrons. The standard InChI is InChI=1S/C9H9ClF2N4O/c10-6-3-14-7(4-13-6)15-16-8(17)5-1-9(11,12)2-5/h3-5H,1-2H2,(H,14,15)(H,16,17). The van der Waals surface area contributed by atoms with E-state index < -0.39 is 30.6 Å². The Morgan fingerprint density at radius 1 is 1.41 bits per heavy atom. The fourth-order valence-electron chi connectivity index (χ4n) is 1.45. The Hall–Kier alpha value is -1.50.